The van der Waals surface area contributed by atoms with Crippen molar-refractivity contribution in [2.24, 2.45) is 0 Å². The van der Waals surface area contributed by atoms with Gasteiger partial charge in [0.25, 0.3) is 0 Å². The highest BCUT2D eigenvalue weighted by Crippen LogP contribution is 2.22. The number of hydrogen-bond acceptors (Lipinski definition) is 4. The van der Waals surface area contributed by atoms with Crippen LogP contribution in [-0.2, 0) is 9.53 Å². The average molecular weight is 373 g/mol. The van der Waals surface area contributed by atoms with Crippen molar-refractivity contribution in [3.05, 3.63) is 65.2 Å². The van der Waals surface area contributed by atoms with Gasteiger partial charge in [-0.1, -0.05) is 0 Å². The third-order valence-electron chi connectivity index (χ3n) is 4.35. The smallest absolute Gasteiger partial charge is 0.338 e. The molecule has 0 saturated carbocycles. The Kier molecular flexibility index (Phi) is 5.30. The van der Waals surface area contributed by atoms with E-state index in [0.717, 1.165) is 24.6 Å². The summed E-state index contributed by atoms with van der Waals surface area (Å²) in [7, 11) is 0. The minimum Gasteiger partial charge on any atom is -0.451 e. The third-order valence-corrected chi connectivity index (χ3v) is 4.35. The summed E-state index contributed by atoms with van der Waals surface area (Å²) < 4.78 is 31.4. The molecule has 0 spiro atoms. The second-order valence-corrected chi connectivity index (χ2v) is 6.24. The van der Waals surface area contributed by atoms with Crippen molar-refractivity contribution >= 4 is 23.3 Å². The second kappa shape index (κ2) is 7.65. The van der Waals surface area contributed by atoms with Crippen LogP contribution in [0.4, 0.5) is 14.5 Å². The maximum absolute atomic E-state index is 13.3. The Labute approximate surface area is 154 Å². The van der Waals surface area contributed by atoms with Crippen molar-refractivity contribution in [2.45, 2.75) is 25.9 Å². The lowest BCUT2D eigenvalue weighted by atomic mass is 10.1. The Morgan fingerprint density at radius 1 is 1.04 bits per heavy atom. The number of ketones is 1. The predicted octanol–water partition coefficient (Wildman–Crippen LogP) is 3.52. The molecule has 3 rings (SSSR count). The monoisotopic (exact) mass is 373 g/mol. The van der Waals surface area contributed by atoms with E-state index in [-0.39, 0.29) is 17.0 Å². The number of benzene rings is 2. The number of esters is 1. The van der Waals surface area contributed by atoms with E-state index in [2.05, 4.69) is 0 Å². The molecule has 140 valence electrons. The van der Waals surface area contributed by atoms with Gasteiger partial charge in [-0.15, -0.1) is 0 Å². The van der Waals surface area contributed by atoms with E-state index >= 15 is 0 Å². The summed E-state index contributed by atoms with van der Waals surface area (Å²) in [6.07, 6.45) is 0.141. The summed E-state index contributed by atoms with van der Waals surface area (Å²) in [6, 6.07) is 9.05. The van der Waals surface area contributed by atoms with Gasteiger partial charge in [0.2, 0.25) is 11.7 Å². The molecule has 2 aromatic carbocycles. The van der Waals surface area contributed by atoms with Crippen molar-refractivity contribution in [1.82, 2.24) is 0 Å². The van der Waals surface area contributed by atoms with E-state index in [1.165, 1.54) is 19.1 Å². The number of anilines is 1. The number of rotatable bonds is 5. The van der Waals surface area contributed by atoms with Crippen LogP contribution in [0.5, 0.6) is 0 Å². The van der Waals surface area contributed by atoms with E-state index in [9.17, 15) is 23.2 Å². The maximum atomic E-state index is 13.3. The van der Waals surface area contributed by atoms with E-state index in [0.29, 0.717) is 18.7 Å². The molecule has 2 aromatic rings. The molecule has 1 aliphatic rings. The number of halogens is 2. The zero-order chi connectivity index (χ0) is 19.6. The third kappa shape index (κ3) is 4.02. The topological polar surface area (TPSA) is 63.7 Å². The van der Waals surface area contributed by atoms with Crippen LogP contribution in [0.2, 0.25) is 0 Å². The Morgan fingerprint density at radius 3 is 2.30 bits per heavy atom. The van der Waals surface area contributed by atoms with Gasteiger partial charge in [0.15, 0.2) is 17.7 Å². The van der Waals surface area contributed by atoms with Crippen LogP contribution in [0.1, 0.15) is 40.5 Å². The first-order valence-corrected chi connectivity index (χ1v) is 8.47. The lowest BCUT2D eigenvalue weighted by Gasteiger charge is -2.16. The molecule has 1 fully saturated rings. The van der Waals surface area contributed by atoms with E-state index in [1.807, 2.05) is 0 Å². The first-order valence-electron chi connectivity index (χ1n) is 8.47. The van der Waals surface area contributed by atoms with Crippen LogP contribution in [0.25, 0.3) is 0 Å². The van der Waals surface area contributed by atoms with E-state index in [4.69, 9.17) is 4.74 Å². The molecule has 1 aliphatic heterocycles. The number of carbonyl (C=O) groups is 3. The lowest BCUT2D eigenvalue weighted by Crippen LogP contribution is -2.25. The van der Waals surface area contributed by atoms with Crippen LogP contribution in [0.3, 0.4) is 0 Å². The van der Waals surface area contributed by atoms with Gasteiger partial charge >= 0.3 is 5.97 Å². The molecule has 1 amide bonds. The van der Waals surface area contributed by atoms with Crippen molar-refractivity contribution in [1.29, 1.82) is 0 Å². The summed E-state index contributed by atoms with van der Waals surface area (Å²) in [4.78, 5) is 37.8. The number of Topliss-reactive ketones (excluding diaryl/α,β-unsaturated/α-hetero) is 1. The van der Waals surface area contributed by atoms with Crippen LogP contribution in [0, 0.1) is 11.6 Å². The summed E-state index contributed by atoms with van der Waals surface area (Å²) in [5.74, 6) is -3.53. The van der Waals surface area contributed by atoms with Crippen LogP contribution < -0.4 is 4.90 Å². The van der Waals surface area contributed by atoms with Gasteiger partial charge in [0.1, 0.15) is 0 Å². The van der Waals surface area contributed by atoms with Crippen molar-refractivity contribution < 1.29 is 27.9 Å². The van der Waals surface area contributed by atoms with Crippen molar-refractivity contribution in [3.8, 4) is 0 Å². The lowest BCUT2D eigenvalue weighted by molar-refractivity contribution is -0.117. The van der Waals surface area contributed by atoms with Gasteiger partial charge in [0.05, 0.1) is 5.56 Å². The fourth-order valence-corrected chi connectivity index (χ4v) is 2.86. The fraction of sp³-hybridized carbons (Fsp3) is 0.250. The molecule has 27 heavy (non-hydrogen) atoms. The van der Waals surface area contributed by atoms with Crippen LogP contribution in [0.15, 0.2) is 42.5 Å². The second-order valence-electron chi connectivity index (χ2n) is 6.24. The van der Waals surface area contributed by atoms with E-state index in [1.54, 1.807) is 17.0 Å². The average Bonchev–Trinajstić information content (AvgIpc) is 3.09. The van der Waals surface area contributed by atoms with Crippen molar-refractivity contribution in [3.63, 3.8) is 0 Å². The Bertz CT molecular complexity index is 895. The molecule has 0 aliphatic carbocycles. The van der Waals surface area contributed by atoms with Gasteiger partial charge < -0.3 is 9.64 Å². The molecular weight excluding hydrogens is 356 g/mol. The Balaban J connectivity index is 1.66. The first-order chi connectivity index (χ1) is 12.9. The van der Waals surface area contributed by atoms with Gasteiger partial charge in [0, 0.05) is 24.2 Å². The highest BCUT2D eigenvalue weighted by molar-refractivity contribution is 6.01. The highest BCUT2D eigenvalue weighted by Gasteiger charge is 2.23. The molecule has 0 N–H and O–H groups in total. The Hall–Kier alpha value is -3.09. The minimum atomic E-state index is -1.16. The van der Waals surface area contributed by atoms with Gasteiger partial charge in [-0.3, -0.25) is 9.59 Å². The molecule has 1 heterocycles. The molecule has 5 nitrogen and oxygen atoms in total. The zero-order valence-corrected chi connectivity index (χ0v) is 14.6. The highest BCUT2D eigenvalue weighted by atomic mass is 19.2. The number of nitrogens with zero attached hydrogens (tertiary/aromatic N) is 1. The molecule has 0 radical (unpaired) electrons. The zero-order valence-electron chi connectivity index (χ0n) is 14.6. The normalized spacial score (nSPS) is 14.9. The molecule has 7 heteroatoms. The largest absolute Gasteiger partial charge is 0.451 e. The van der Waals surface area contributed by atoms with Gasteiger partial charge in [-0.25, -0.2) is 13.6 Å². The maximum Gasteiger partial charge on any atom is 0.338 e. The van der Waals surface area contributed by atoms with Gasteiger partial charge in [-0.2, -0.15) is 0 Å². The number of hydrogen-bond donors (Lipinski definition) is 0. The summed E-state index contributed by atoms with van der Waals surface area (Å²) in [5.41, 5.74) is 0.826. The fourth-order valence-electron chi connectivity index (χ4n) is 2.86. The molecule has 0 unspecified atom stereocenters. The Morgan fingerprint density at radius 2 is 1.70 bits per heavy atom. The van der Waals surface area contributed by atoms with Crippen LogP contribution >= 0.6 is 0 Å². The summed E-state index contributed by atoms with van der Waals surface area (Å²) in [5, 5.41) is 0. The molecular formula is C20H17F2NO4. The first kappa shape index (κ1) is 18.7. The van der Waals surface area contributed by atoms with Crippen molar-refractivity contribution in [2.75, 3.05) is 11.4 Å². The summed E-state index contributed by atoms with van der Waals surface area (Å²) >= 11 is 0. The number of ether oxygens (including phenoxy) is 1. The van der Waals surface area contributed by atoms with Gasteiger partial charge in [-0.05, 0) is 55.8 Å². The minimum absolute atomic E-state index is 0.0380. The standard InChI is InChI=1S/C20H17F2NO4/c1-12(19(25)14-6-9-16(21)17(22)11-14)27-20(26)13-4-7-15(8-5-13)23-10-2-3-18(23)24/h4-9,11-12H,2-3,10H2,1H3/t12-/m1/s1. The SMILES string of the molecule is C[C@@H](OC(=O)c1ccc(N2CCCC2=O)cc1)C(=O)c1ccc(F)c(F)c1. The number of amides is 1. The van der Waals surface area contributed by atoms with Crippen LogP contribution in [-0.4, -0.2) is 30.3 Å². The molecule has 0 bridgehead atoms. The summed E-state index contributed by atoms with van der Waals surface area (Å²) in [6.45, 7) is 2.00. The molecule has 0 aromatic heterocycles. The molecule has 1 saturated heterocycles. The van der Waals surface area contributed by atoms with E-state index < -0.39 is 29.5 Å². The molecule has 1 atom stereocenters. The number of carbonyl (C=O) groups excluding carboxylic acids is 3. The quantitative estimate of drug-likeness (QED) is 0.594. The predicted molar refractivity (Wildman–Crippen MR) is 93.6 cm³/mol.